The first kappa shape index (κ1) is 9.83. The molecule has 0 bridgehead atoms. The van der Waals surface area contributed by atoms with Crippen LogP contribution in [0.3, 0.4) is 0 Å². The van der Waals surface area contributed by atoms with Crippen molar-refractivity contribution in [2.24, 2.45) is 5.92 Å². The molecule has 0 saturated carbocycles. The zero-order valence-electron chi connectivity index (χ0n) is 6.92. The smallest absolute Gasteiger partial charge is 0.450 e. The molecule has 3 nitrogen and oxygen atoms in total. The molecule has 0 aliphatic rings. The fraction of sp³-hybridized carbons (Fsp3) is 0.625. The molecule has 0 saturated heterocycles. The SMILES string of the molecule is C#CC(C)(OC(=O)O)C(C)C. The summed E-state index contributed by atoms with van der Waals surface area (Å²) in [5.41, 5.74) is -1.01. The van der Waals surface area contributed by atoms with Gasteiger partial charge in [0.15, 0.2) is 5.60 Å². The lowest BCUT2D eigenvalue weighted by Gasteiger charge is -2.25. The molecule has 11 heavy (non-hydrogen) atoms. The third-order valence-corrected chi connectivity index (χ3v) is 1.69. The molecule has 1 atom stereocenters. The Morgan fingerprint density at radius 1 is 1.73 bits per heavy atom. The second-order valence-electron chi connectivity index (χ2n) is 2.77. The normalized spacial score (nSPS) is 15.2. The van der Waals surface area contributed by atoms with Crippen molar-refractivity contribution in [1.29, 1.82) is 0 Å². The van der Waals surface area contributed by atoms with Crippen LogP contribution in [0.15, 0.2) is 0 Å². The second kappa shape index (κ2) is 3.29. The van der Waals surface area contributed by atoms with Crippen LogP contribution in [0.2, 0.25) is 0 Å². The van der Waals surface area contributed by atoms with Gasteiger partial charge in [0.1, 0.15) is 0 Å². The topological polar surface area (TPSA) is 46.5 Å². The standard InChI is InChI=1S/C8H12O3/c1-5-8(4,6(2)3)11-7(9)10/h1,6H,2-4H3,(H,9,10). The van der Waals surface area contributed by atoms with Crippen molar-refractivity contribution in [1.82, 2.24) is 0 Å². The van der Waals surface area contributed by atoms with Crippen LogP contribution in [0.1, 0.15) is 20.8 Å². The lowest BCUT2D eigenvalue weighted by atomic mass is 9.93. The average molecular weight is 156 g/mol. The molecule has 0 aliphatic heterocycles. The molecule has 0 radical (unpaired) electrons. The van der Waals surface area contributed by atoms with Crippen LogP contribution in [-0.2, 0) is 4.74 Å². The summed E-state index contributed by atoms with van der Waals surface area (Å²) in [6.07, 6.45) is 3.78. The van der Waals surface area contributed by atoms with Crippen molar-refractivity contribution >= 4 is 6.16 Å². The van der Waals surface area contributed by atoms with Crippen LogP contribution in [0, 0.1) is 18.3 Å². The lowest BCUT2D eigenvalue weighted by Crippen LogP contribution is -2.35. The Bertz CT molecular complexity index is 190. The van der Waals surface area contributed by atoms with E-state index in [2.05, 4.69) is 10.7 Å². The minimum atomic E-state index is -1.33. The number of ether oxygens (including phenoxy) is 1. The Balaban J connectivity index is 4.38. The lowest BCUT2D eigenvalue weighted by molar-refractivity contribution is 0.00154. The highest BCUT2D eigenvalue weighted by molar-refractivity contribution is 5.58. The quantitative estimate of drug-likeness (QED) is 0.489. The first-order chi connectivity index (χ1) is 4.92. The van der Waals surface area contributed by atoms with Crippen LogP contribution in [0.5, 0.6) is 0 Å². The number of hydrogen-bond donors (Lipinski definition) is 1. The van der Waals surface area contributed by atoms with Gasteiger partial charge < -0.3 is 9.84 Å². The summed E-state index contributed by atoms with van der Waals surface area (Å²) < 4.78 is 4.53. The highest BCUT2D eigenvalue weighted by Crippen LogP contribution is 2.19. The molecule has 1 N–H and O–H groups in total. The van der Waals surface area contributed by atoms with Gasteiger partial charge in [-0.3, -0.25) is 0 Å². The van der Waals surface area contributed by atoms with Gasteiger partial charge in [-0.25, -0.2) is 4.79 Å². The molecule has 0 rings (SSSR count). The van der Waals surface area contributed by atoms with Crippen molar-refractivity contribution in [3.8, 4) is 12.3 Å². The van der Waals surface area contributed by atoms with Gasteiger partial charge in [0.2, 0.25) is 0 Å². The number of carbonyl (C=O) groups is 1. The van der Waals surface area contributed by atoms with Crippen LogP contribution in [0.25, 0.3) is 0 Å². The van der Waals surface area contributed by atoms with Crippen molar-refractivity contribution in [2.45, 2.75) is 26.4 Å². The Morgan fingerprint density at radius 3 is 2.27 bits per heavy atom. The molecule has 62 valence electrons. The Hall–Kier alpha value is -1.17. The molecule has 0 heterocycles. The minimum absolute atomic E-state index is 0.0244. The maximum Gasteiger partial charge on any atom is 0.507 e. The highest BCUT2D eigenvalue weighted by Gasteiger charge is 2.29. The average Bonchev–Trinajstić information content (AvgIpc) is 1.86. The number of carboxylic acid groups (broad SMARTS) is 1. The molecule has 0 aromatic rings. The van der Waals surface area contributed by atoms with Crippen molar-refractivity contribution in [3.63, 3.8) is 0 Å². The molecule has 1 unspecified atom stereocenters. The summed E-state index contributed by atoms with van der Waals surface area (Å²) >= 11 is 0. The van der Waals surface area contributed by atoms with Crippen molar-refractivity contribution < 1.29 is 14.6 Å². The van der Waals surface area contributed by atoms with Gasteiger partial charge in [-0.05, 0) is 6.92 Å². The molecule has 0 aliphatic carbocycles. The zero-order chi connectivity index (χ0) is 9.07. The van der Waals surface area contributed by atoms with Crippen LogP contribution in [-0.4, -0.2) is 16.9 Å². The van der Waals surface area contributed by atoms with Gasteiger partial charge in [0.05, 0.1) is 0 Å². The van der Waals surface area contributed by atoms with Gasteiger partial charge in [-0.2, -0.15) is 0 Å². The van der Waals surface area contributed by atoms with Gasteiger partial charge in [-0.1, -0.05) is 19.8 Å². The molecular formula is C8H12O3. The predicted octanol–water partition coefficient (Wildman–Crippen LogP) is 1.73. The predicted molar refractivity (Wildman–Crippen MR) is 41.2 cm³/mol. The Morgan fingerprint density at radius 2 is 2.18 bits per heavy atom. The number of hydrogen-bond acceptors (Lipinski definition) is 2. The molecule has 0 fully saturated rings. The van der Waals surface area contributed by atoms with E-state index in [1.807, 2.05) is 13.8 Å². The summed E-state index contributed by atoms with van der Waals surface area (Å²) in [4.78, 5) is 10.2. The fourth-order valence-corrected chi connectivity index (χ4v) is 0.495. The minimum Gasteiger partial charge on any atom is -0.450 e. The van der Waals surface area contributed by atoms with Crippen molar-refractivity contribution in [3.05, 3.63) is 0 Å². The third kappa shape index (κ3) is 2.50. The summed E-state index contributed by atoms with van der Waals surface area (Å²) in [6, 6.07) is 0. The van der Waals surface area contributed by atoms with E-state index in [4.69, 9.17) is 11.5 Å². The monoisotopic (exact) mass is 156 g/mol. The first-order valence-corrected chi connectivity index (χ1v) is 3.32. The highest BCUT2D eigenvalue weighted by atomic mass is 16.7. The first-order valence-electron chi connectivity index (χ1n) is 3.32. The maximum atomic E-state index is 10.2. The Kier molecular flexibility index (Phi) is 2.94. The van der Waals surface area contributed by atoms with Crippen LogP contribution < -0.4 is 0 Å². The molecule has 0 amide bonds. The van der Waals surface area contributed by atoms with Gasteiger partial charge >= 0.3 is 6.16 Å². The van der Waals surface area contributed by atoms with E-state index in [0.717, 1.165) is 0 Å². The van der Waals surface area contributed by atoms with E-state index < -0.39 is 11.8 Å². The summed E-state index contributed by atoms with van der Waals surface area (Å²) in [5.74, 6) is 2.28. The largest absolute Gasteiger partial charge is 0.507 e. The maximum absolute atomic E-state index is 10.2. The van der Waals surface area contributed by atoms with Gasteiger partial charge in [0, 0.05) is 5.92 Å². The van der Waals surface area contributed by atoms with Crippen molar-refractivity contribution in [2.75, 3.05) is 0 Å². The molecule has 0 spiro atoms. The second-order valence-corrected chi connectivity index (χ2v) is 2.77. The summed E-state index contributed by atoms with van der Waals surface area (Å²) in [7, 11) is 0. The van der Waals surface area contributed by atoms with E-state index in [-0.39, 0.29) is 5.92 Å². The summed E-state index contributed by atoms with van der Waals surface area (Å²) in [5, 5.41) is 8.31. The van der Waals surface area contributed by atoms with E-state index in [1.165, 1.54) is 0 Å². The number of terminal acetylenes is 1. The Labute approximate surface area is 66.4 Å². The summed E-state index contributed by atoms with van der Waals surface area (Å²) in [6.45, 7) is 5.19. The van der Waals surface area contributed by atoms with E-state index in [1.54, 1.807) is 6.92 Å². The molecule has 0 aromatic heterocycles. The molecule has 3 heteroatoms. The number of rotatable bonds is 2. The molecular weight excluding hydrogens is 144 g/mol. The zero-order valence-corrected chi connectivity index (χ0v) is 6.92. The molecule has 0 aromatic carbocycles. The van der Waals surface area contributed by atoms with E-state index in [9.17, 15) is 4.79 Å². The van der Waals surface area contributed by atoms with Crippen LogP contribution >= 0.6 is 0 Å². The van der Waals surface area contributed by atoms with Crippen LogP contribution in [0.4, 0.5) is 4.79 Å². The third-order valence-electron chi connectivity index (χ3n) is 1.69. The van der Waals surface area contributed by atoms with E-state index in [0.29, 0.717) is 0 Å². The fourth-order valence-electron chi connectivity index (χ4n) is 0.495. The van der Waals surface area contributed by atoms with Gasteiger partial charge in [0.25, 0.3) is 0 Å². The van der Waals surface area contributed by atoms with E-state index >= 15 is 0 Å². The van der Waals surface area contributed by atoms with Gasteiger partial charge in [-0.15, -0.1) is 6.42 Å².